The van der Waals surface area contributed by atoms with Crippen LogP contribution in [0, 0.1) is 11.8 Å². The molecule has 0 unspecified atom stereocenters. The molecule has 2 nitrogen and oxygen atoms in total. The minimum absolute atomic E-state index is 0.309. The molecule has 8 heteroatoms. The molecule has 0 fully saturated rings. The number of nitrogens with zero attached hydrogens (tertiary/aromatic N) is 1. The van der Waals surface area contributed by atoms with Gasteiger partial charge >= 0.3 is 0 Å². The van der Waals surface area contributed by atoms with Crippen LogP contribution in [0.1, 0.15) is 34.1 Å². The lowest BCUT2D eigenvalue weighted by Crippen LogP contribution is -2.15. The summed E-state index contributed by atoms with van der Waals surface area (Å²) in [5.74, 6) is 2.92. The average Bonchev–Trinajstić information content (AvgIpc) is 2.49. The Hall–Kier alpha value is 1.22. The fraction of sp³-hybridized carbons (Fsp3) is 0.867. The highest BCUT2D eigenvalue weighted by Crippen LogP contribution is 2.34. The number of aliphatic imine (C=N–C) groups is 1. The summed E-state index contributed by atoms with van der Waals surface area (Å²) in [6, 6.07) is 0. The van der Waals surface area contributed by atoms with Crippen LogP contribution in [0.4, 0.5) is 0 Å². The molecule has 23 heavy (non-hydrogen) atoms. The first-order valence-electron chi connectivity index (χ1n) is 7.59. The van der Waals surface area contributed by atoms with Crippen molar-refractivity contribution in [3.8, 4) is 0 Å². The highest BCUT2D eigenvalue weighted by atomic mass is 33.1. The zero-order valence-corrected chi connectivity index (χ0v) is 19.3. The van der Waals surface area contributed by atoms with E-state index in [2.05, 4.69) is 56.3 Å². The van der Waals surface area contributed by atoms with Gasteiger partial charge in [-0.25, -0.2) is 4.99 Å². The molecule has 0 aliphatic heterocycles. The molecule has 0 heterocycles. The van der Waals surface area contributed by atoms with E-state index in [4.69, 9.17) is 0 Å². The summed E-state index contributed by atoms with van der Waals surface area (Å²) >= 11 is 6.12. The molecule has 0 aliphatic carbocycles. The fourth-order valence-electron chi connectivity index (χ4n) is 1.44. The van der Waals surface area contributed by atoms with Crippen LogP contribution < -0.4 is 0 Å². The Kier molecular flexibility index (Phi) is 16.3. The first-order chi connectivity index (χ1) is 10.9. The fourth-order valence-corrected chi connectivity index (χ4v) is 8.24. The zero-order valence-electron chi connectivity index (χ0n) is 14.4. The molecule has 2 atom stereocenters. The molecular formula is C15H27NOS6. The summed E-state index contributed by atoms with van der Waals surface area (Å²) in [6.07, 6.45) is 2.73. The summed E-state index contributed by atoms with van der Waals surface area (Å²) in [4.78, 5) is 16.1. The number of hydrogen-bond donors (Lipinski definition) is 0. The lowest BCUT2D eigenvalue weighted by atomic mass is 10.1. The van der Waals surface area contributed by atoms with Crippen LogP contribution in [0.15, 0.2) is 4.99 Å². The number of hydrogen-bond acceptors (Lipinski definition) is 8. The second kappa shape index (κ2) is 15.5. The van der Waals surface area contributed by atoms with Gasteiger partial charge in [-0.3, -0.25) is 4.79 Å². The van der Waals surface area contributed by atoms with Gasteiger partial charge in [0.1, 0.15) is 0 Å². The molecule has 0 saturated heterocycles. The predicted molar refractivity (Wildman–Crippen MR) is 120 cm³/mol. The van der Waals surface area contributed by atoms with Gasteiger partial charge in [0.25, 0.3) is 0 Å². The van der Waals surface area contributed by atoms with Gasteiger partial charge in [0.15, 0.2) is 5.12 Å². The van der Waals surface area contributed by atoms with Crippen LogP contribution in [-0.2, 0) is 4.79 Å². The zero-order chi connectivity index (χ0) is 17.7. The number of carbonyl (C=O) groups excluding carboxylic acids is 1. The SMILES string of the molecule is CSS[C@H](CSC(=O)CCSS[C@H](CN=C=S)C(C)C)C(C)C. The van der Waals surface area contributed by atoms with Crippen LogP contribution in [0.3, 0.4) is 0 Å². The van der Waals surface area contributed by atoms with E-state index in [0.29, 0.717) is 40.4 Å². The Labute approximate surface area is 167 Å². The van der Waals surface area contributed by atoms with Crippen LogP contribution in [0.2, 0.25) is 0 Å². The largest absolute Gasteiger partial charge is 0.287 e. The van der Waals surface area contributed by atoms with Gasteiger partial charge in [-0.05, 0) is 30.3 Å². The minimum Gasteiger partial charge on any atom is -0.287 e. The Balaban J connectivity index is 3.94. The summed E-state index contributed by atoms with van der Waals surface area (Å²) in [5.41, 5.74) is 0. The van der Waals surface area contributed by atoms with Gasteiger partial charge in [-0.2, -0.15) is 0 Å². The molecule has 0 radical (unpaired) electrons. The third-order valence-electron chi connectivity index (χ3n) is 3.03. The average molecular weight is 430 g/mol. The Morgan fingerprint density at radius 2 is 1.78 bits per heavy atom. The first-order valence-corrected chi connectivity index (χ1v) is 14.0. The highest BCUT2D eigenvalue weighted by Gasteiger charge is 2.17. The highest BCUT2D eigenvalue weighted by molar-refractivity contribution is 8.77. The molecule has 134 valence electrons. The van der Waals surface area contributed by atoms with E-state index in [-0.39, 0.29) is 0 Å². The number of thioether (sulfide) groups is 1. The normalized spacial score (nSPS) is 13.9. The third-order valence-corrected chi connectivity index (χ3v) is 9.99. The Bertz CT molecular complexity index is 371. The van der Waals surface area contributed by atoms with Crippen molar-refractivity contribution in [1.29, 1.82) is 0 Å². The van der Waals surface area contributed by atoms with E-state index in [1.807, 2.05) is 21.6 Å². The smallest absolute Gasteiger partial charge is 0.189 e. The van der Waals surface area contributed by atoms with Crippen molar-refractivity contribution in [2.75, 3.05) is 24.3 Å². The first kappa shape index (κ1) is 24.2. The van der Waals surface area contributed by atoms with Gasteiger partial charge in [0.05, 0.1) is 11.7 Å². The van der Waals surface area contributed by atoms with E-state index in [1.54, 1.807) is 21.6 Å². The monoisotopic (exact) mass is 429 g/mol. The maximum absolute atomic E-state index is 12.0. The van der Waals surface area contributed by atoms with Crippen LogP contribution >= 0.6 is 67.2 Å². The molecule has 0 saturated carbocycles. The lowest BCUT2D eigenvalue weighted by Gasteiger charge is -2.18. The van der Waals surface area contributed by atoms with Gasteiger partial charge in [-0.15, -0.1) is 0 Å². The molecular weight excluding hydrogens is 403 g/mol. The van der Waals surface area contributed by atoms with Crippen LogP contribution in [0.5, 0.6) is 0 Å². The molecule has 0 aromatic rings. The van der Waals surface area contributed by atoms with E-state index in [1.165, 1.54) is 11.8 Å². The van der Waals surface area contributed by atoms with Crippen molar-refractivity contribution in [3.05, 3.63) is 0 Å². The lowest BCUT2D eigenvalue weighted by molar-refractivity contribution is -0.110. The van der Waals surface area contributed by atoms with Crippen molar-refractivity contribution in [1.82, 2.24) is 0 Å². The molecule has 0 spiro atoms. The summed E-state index contributed by atoms with van der Waals surface area (Å²) in [5, 5.41) is 3.71. The molecule has 0 rings (SSSR count). The third kappa shape index (κ3) is 13.1. The van der Waals surface area contributed by atoms with Crippen LogP contribution in [-0.4, -0.2) is 45.1 Å². The summed E-state index contributed by atoms with van der Waals surface area (Å²) in [6.45, 7) is 9.53. The standard InChI is InChI=1S/C15H27NOS6/c1-11(2)13(8-16-10-18)23-21-7-6-15(17)20-9-14(12(3)4)22-19-5/h11-14H,6-9H2,1-5H3/t13-,14-/m1/s1. The number of isothiocyanates is 1. The van der Waals surface area contributed by atoms with Crippen molar-refractivity contribution in [2.24, 2.45) is 16.8 Å². The predicted octanol–water partition coefficient (Wildman–Crippen LogP) is 6.18. The molecule has 0 aromatic heterocycles. The molecule has 0 bridgehead atoms. The van der Waals surface area contributed by atoms with Crippen molar-refractivity contribution in [2.45, 2.75) is 44.6 Å². The van der Waals surface area contributed by atoms with E-state index in [9.17, 15) is 4.79 Å². The quantitative estimate of drug-likeness (QED) is 0.149. The van der Waals surface area contributed by atoms with Gasteiger partial charge < -0.3 is 0 Å². The summed E-state index contributed by atoms with van der Waals surface area (Å²) in [7, 11) is 7.25. The topological polar surface area (TPSA) is 29.4 Å². The summed E-state index contributed by atoms with van der Waals surface area (Å²) < 4.78 is 0. The van der Waals surface area contributed by atoms with Gasteiger partial charge in [-0.1, -0.05) is 82.6 Å². The van der Waals surface area contributed by atoms with E-state index in [0.717, 1.165) is 11.5 Å². The molecule has 0 aromatic carbocycles. The van der Waals surface area contributed by atoms with Gasteiger partial charge in [0.2, 0.25) is 0 Å². The Morgan fingerprint density at radius 3 is 2.30 bits per heavy atom. The molecule has 0 amide bonds. The van der Waals surface area contributed by atoms with Gasteiger partial charge in [0, 0.05) is 28.4 Å². The second-order valence-electron chi connectivity index (χ2n) is 5.61. The van der Waals surface area contributed by atoms with Crippen LogP contribution in [0.25, 0.3) is 0 Å². The molecule has 0 aliphatic rings. The number of rotatable bonds is 13. The second-order valence-corrected chi connectivity index (χ2v) is 12.3. The maximum atomic E-state index is 12.0. The maximum Gasteiger partial charge on any atom is 0.189 e. The number of carbonyl (C=O) groups is 1. The van der Waals surface area contributed by atoms with Crippen molar-refractivity contribution >= 4 is 77.4 Å². The van der Waals surface area contributed by atoms with Crippen molar-refractivity contribution in [3.63, 3.8) is 0 Å². The molecule has 0 N–H and O–H groups in total. The minimum atomic E-state index is 0.309. The van der Waals surface area contributed by atoms with E-state index < -0.39 is 0 Å². The Morgan fingerprint density at radius 1 is 1.13 bits per heavy atom. The van der Waals surface area contributed by atoms with Crippen molar-refractivity contribution < 1.29 is 4.79 Å². The number of thiocarbonyl (C=S) groups is 1. The van der Waals surface area contributed by atoms with E-state index >= 15 is 0 Å².